The van der Waals surface area contributed by atoms with Crippen LogP contribution in [0.1, 0.15) is 11.1 Å². The van der Waals surface area contributed by atoms with E-state index in [1.807, 2.05) is 30.3 Å². The molecule has 0 saturated heterocycles. The van der Waals surface area contributed by atoms with Crippen LogP contribution in [0.2, 0.25) is 0 Å². The summed E-state index contributed by atoms with van der Waals surface area (Å²) in [6.07, 6.45) is -3.63. The van der Waals surface area contributed by atoms with Crippen molar-refractivity contribution in [1.82, 2.24) is 19.1 Å². The Hall–Kier alpha value is -3.93. The molecule has 3 aromatic heterocycles. The van der Waals surface area contributed by atoms with E-state index >= 15 is 8.78 Å². The van der Waals surface area contributed by atoms with Gasteiger partial charge in [-0.1, -0.05) is 30.3 Å². The normalized spacial score (nSPS) is 11.9. The first-order valence-corrected chi connectivity index (χ1v) is 12.3. The minimum Gasteiger partial charge on any atom is -0.481 e. The van der Waals surface area contributed by atoms with Gasteiger partial charge >= 0.3 is 11.9 Å². The number of hydrogen-bond acceptors (Lipinski definition) is 5. The molecule has 0 amide bonds. The standard InChI is InChI=1S/C26H19F5N4O2S/c1-37-22-8-7-17-23-21(11-32-24(17)33-22)35(14-26(29,30)31)25(36)34(23)12-18-19(27)9-16(10-20(18)28)38-13-15-5-3-2-4-6-15/h2-11H,12-14H2,1H3. The summed E-state index contributed by atoms with van der Waals surface area (Å²) in [5.41, 5.74) is -0.568. The summed E-state index contributed by atoms with van der Waals surface area (Å²) in [4.78, 5) is 21.8. The quantitative estimate of drug-likeness (QED) is 0.187. The van der Waals surface area contributed by atoms with Crippen molar-refractivity contribution in [1.29, 1.82) is 0 Å². The summed E-state index contributed by atoms with van der Waals surface area (Å²) in [5.74, 6) is -1.14. The van der Waals surface area contributed by atoms with Crippen molar-refractivity contribution < 1.29 is 26.7 Å². The fourth-order valence-corrected chi connectivity index (χ4v) is 5.07. The highest BCUT2D eigenvalue weighted by molar-refractivity contribution is 7.98. The Morgan fingerprint density at radius 1 is 1.00 bits per heavy atom. The summed E-state index contributed by atoms with van der Waals surface area (Å²) in [7, 11) is 1.38. The van der Waals surface area contributed by atoms with Crippen molar-refractivity contribution in [3.8, 4) is 5.88 Å². The van der Waals surface area contributed by atoms with E-state index in [1.54, 1.807) is 0 Å². The number of aromatic nitrogens is 4. The lowest BCUT2D eigenvalue weighted by Crippen LogP contribution is -2.30. The fourth-order valence-electron chi connectivity index (χ4n) is 4.17. The van der Waals surface area contributed by atoms with Crippen LogP contribution in [0.25, 0.3) is 22.1 Å². The van der Waals surface area contributed by atoms with Gasteiger partial charge in [-0.05, 0) is 23.8 Å². The Kier molecular flexibility index (Phi) is 6.82. The molecule has 0 bridgehead atoms. The van der Waals surface area contributed by atoms with Crippen LogP contribution in [0.15, 0.2) is 70.5 Å². The van der Waals surface area contributed by atoms with E-state index in [4.69, 9.17) is 4.74 Å². The molecular weight excluding hydrogens is 527 g/mol. The second kappa shape index (κ2) is 10.1. The number of rotatable bonds is 7. The van der Waals surface area contributed by atoms with Gasteiger partial charge < -0.3 is 4.74 Å². The minimum atomic E-state index is -4.72. The summed E-state index contributed by atoms with van der Waals surface area (Å²) < 4.78 is 76.7. The molecule has 0 N–H and O–H groups in total. The number of methoxy groups -OCH3 is 1. The zero-order valence-electron chi connectivity index (χ0n) is 19.8. The van der Waals surface area contributed by atoms with Gasteiger partial charge in [-0.15, -0.1) is 11.8 Å². The number of nitrogens with zero attached hydrogens (tertiary/aromatic N) is 4. The van der Waals surface area contributed by atoms with E-state index in [0.29, 0.717) is 15.2 Å². The molecule has 5 rings (SSSR count). The van der Waals surface area contributed by atoms with Gasteiger partial charge in [-0.2, -0.15) is 18.2 Å². The highest BCUT2D eigenvalue weighted by atomic mass is 32.2. The Balaban J connectivity index is 1.59. The SMILES string of the molecule is COc1ccc2c(ncc3c2n(Cc2c(F)cc(SCc4ccccc4)cc2F)c(=O)n3CC(F)(F)F)n1. The van der Waals surface area contributed by atoms with E-state index in [0.717, 1.165) is 28.5 Å². The van der Waals surface area contributed by atoms with Crippen molar-refractivity contribution >= 4 is 33.8 Å². The predicted octanol–water partition coefficient (Wildman–Crippen LogP) is 5.94. The largest absolute Gasteiger partial charge is 0.481 e. The molecule has 0 atom stereocenters. The molecule has 0 saturated carbocycles. The average Bonchev–Trinajstić information content (AvgIpc) is 3.14. The van der Waals surface area contributed by atoms with E-state index in [1.165, 1.54) is 31.0 Å². The molecule has 3 heterocycles. The molecule has 2 aromatic carbocycles. The first kappa shape index (κ1) is 25.7. The van der Waals surface area contributed by atoms with Crippen LogP contribution in [-0.4, -0.2) is 32.4 Å². The van der Waals surface area contributed by atoms with Crippen molar-refractivity contribution in [2.45, 2.75) is 29.9 Å². The number of hydrogen-bond donors (Lipinski definition) is 0. The number of alkyl halides is 3. The first-order valence-electron chi connectivity index (χ1n) is 11.3. The maximum absolute atomic E-state index is 15.1. The third-order valence-corrected chi connectivity index (χ3v) is 6.95. The number of fused-ring (bicyclic) bond motifs is 3. The predicted molar refractivity (Wildman–Crippen MR) is 133 cm³/mol. The monoisotopic (exact) mass is 546 g/mol. The van der Waals surface area contributed by atoms with Gasteiger partial charge in [0.15, 0.2) is 5.65 Å². The summed E-state index contributed by atoms with van der Waals surface area (Å²) >= 11 is 1.23. The number of halogens is 5. The highest BCUT2D eigenvalue weighted by Gasteiger charge is 2.31. The second-order valence-electron chi connectivity index (χ2n) is 8.43. The Bertz CT molecular complexity index is 1680. The summed E-state index contributed by atoms with van der Waals surface area (Å²) in [6.45, 7) is -2.22. The highest BCUT2D eigenvalue weighted by Crippen LogP contribution is 2.30. The van der Waals surface area contributed by atoms with Crippen molar-refractivity contribution in [3.05, 3.63) is 94.0 Å². The molecule has 0 unspecified atom stereocenters. The maximum Gasteiger partial charge on any atom is 0.406 e. The van der Waals surface area contributed by atoms with Gasteiger partial charge in [-0.3, -0.25) is 9.13 Å². The van der Waals surface area contributed by atoms with Crippen LogP contribution < -0.4 is 10.4 Å². The Morgan fingerprint density at radius 2 is 1.71 bits per heavy atom. The number of thioether (sulfide) groups is 1. The number of ether oxygens (including phenoxy) is 1. The molecule has 38 heavy (non-hydrogen) atoms. The van der Waals surface area contributed by atoms with Crippen LogP contribution in [0, 0.1) is 11.6 Å². The van der Waals surface area contributed by atoms with E-state index in [9.17, 15) is 18.0 Å². The molecule has 6 nitrogen and oxygen atoms in total. The molecule has 0 aliphatic carbocycles. The van der Waals surface area contributed by atoms with Crippen LogP contribution in [-0.2, 0) is 18.8 Å². The summed E-state index contributed by atoms with van der Waals surface area (Å²) in [6, 6.07) is 14.6. The lowest BCUT2D eigenvalue weighted by molar-refractivity contribution is -0.140. The van der Waals surface area contributed by atoms with Gasteiger partial charge in [0, 0.05) is 27.7 Å². The molecule has 0 radical (unpaired) electrons. The zero-order valence-corrected chi connectivity index (χ0v) is 20.6. The van der Waals surface area contributed by atoms with Gasteiger partial charge in [0.25, 0.3) is 0 Å². The van der Waals surface area contributed by atoms with Crippen LogP contribution in [0.4, 0.5) is 22.0 Å². The van der Waals surface area contributed by atoms with E-state index < -0.39 is 42.2 Å². The topological polar surface area (TPSA) is 61.9 Å². The summed E-state index contributed by atoms with van der Waals surface area (Å²) in [5, 5.41) is 0.233. The van der Waals surface area contributed by atoms with Crippen LogP contribution in [0.5, 0.6) is 5.88 Å². The number of pyridine rings is 2. The Labute approximate surface area is 216 Å². The fraction of sp³-hybridized carbons (Fsp3) is 0.192. The smallest absolute Gasteiger partial charge is 0.406 e. The van der Waals surface area contributed by atoms with E-state index in [-0.39, 0.29) is 27.9 Å². The number of benzene rings is 2. The van der Waals surface area contributed by atoms with Crippen molar-refractivity contribution in [2.24, 2.45) is 0 Å². The van der Waals surface area contributed by atoms with Gasteiger partial charge in [0.05, 0.1) is 30.9 Å². The van der Waals surface area contributed by atoms with Crippen molar-refractivity contribution in [2.75, 3.05) is 7.11 Å². The van der Waals surface area contributed by atoms with Gasteiger partial charge in [0.1, 0.15) is 18.2 Å². The van der Waals surface area contributed by atoms with Crippen LogP contribution in [0.3, 0.4) is 0 Å². The lowest BCUT2D eigenvalue weighted by Gasteiger charge is -2.10. The zero-order chi connectivity index (χ0) is 27.0. The maximum atomic E-state index is 15.1. The first-order chi connectivity index (χ1) is 18.1. The molecular formula is C26H19F5N4O2S. The molecule has 196 valence electrons. The Morgan fingerprint density at radius 3 is 2.37 bits per heavy atom. The van der Waals surface area contributed by atoms with E-state index in [2.05, 4.69) is 9.97 Å². The number of imidazole rings is 1. The second-order valence-corrected chi connectivity index (χ2v) is 9.48. The third-order valence-electron chi connectivity index (χ3n) is 5.90. The molecule has 0 fully saturated rings. The molecule has 12 heteroatoms. The van der Waals surface area contributed by atoms with Gasteiger partial charge in [0.2, 0.25) is 5.88 Å². The minimum absolute atomic E-state index is 0.0285. The van der Waals surface area contributed by atoms with Crippen LogP contribution >= 0.6 is 11.8 Å². The molecule has 0 aliphatic heterocycles. The third kappa shape index (κ3) is 5.08. The molecule has 0 aliphatic rings. The average molecular weight is 547 g/mol. The van der Waals surface area contributed by atoms with Gasteiger partial charge in [-0.25, -0.2) is 18.6 Å². The van der Waals surface area contributed by atoms with Crippen molar-refractivity contribution in [3.63, 3.8) is 0 Å². The molecule has 0 spiro atoms. The molecule has 5 aromatic rings. The lowest BCUT2D eigenvalue weighted by atomic mass is 10.2.